The van der Waals surface area contributed by atoms with Crippen molar-refractivity contribution in [3.8, 4) is 11.5 Å². The van der Waals surface area contributed by atoms with Crippen LogP contribution < -0.4 is 9.47 Å². The number of nitro groups is 1. The van der Waals surface area contributed by atoms with E-state index in [9.17, 15) is 10.1 Å². The molecule has 0 fully saturated rings. The first-order valence-electron chi connectivity index (χ1n) is 6.44. The Morgan fingerprint density at radius 2 is 2.00 bits per heavy atom. The Labute approximate surface area is 121 Å². The summed E-state index contributed by atoms with van der Waals surface area (Å²) in [5.41, 5.74) is 1.41. The fraction of sp³-hybridized carbons (Fsp3) is 0.125. The van der Waals surface area contributed by atoms with Gasteiger partial charge in [0.05, 0.1) is 12.0 Å². The van der Waals surface area contributed by atoms with Crippen molar-refractivity contribution in [2.24, 2.45) is 0 Å². The van der Waals surface area contributed by atoms with E-state index in [4.69, 9.17) is 9.47 Å². The lowest BCUT2D eigenvalue weighted by Crippen LogP contribution is -2.19. The molecule has 0 bridgehead atoms. The van der Waals surface area contributed by atoms with Crippen LogP contribution in [-0.4, -0.2) is 12.0 Å². The summed E-state index contributed by atoms with van der Waals surface area (Å²) in [7, 11) is 1.56. The molecule has 0 aliphatic carbocycles. The van der Waals surface area contributed by atoms with Crippen molar-refractivity contribution in [2.75, 3.05) is 7.11 Å². The molecule has 0 aromatic heterocycles. The molecular formula is C16H13NO4. The van der Waals surface area contributed by atoms with E-state index in [1.807, 2.05) is 12.1 Å². The molecule has 3 rings (SSSR count). The van der Waals surface area contributed by atoms with Crippen molar-refractivity contribution in [2.45, 2.75) is 6.10 Å². The summed E-state index contributed by atoms with van der Waals surface area (Å²) in [4.78, 5) is 10.9. The van der Waals surface area contributed by atoms with Crippen LogP contribution in [0.15, 0.2) is 54.2 Å². The van der Waals surface area contributed by atoms with Crippen LogP contribution in [0.25, 0.3) is 6.08 Å². The van der Waals surface area contributed by atoms with Crippen molar-refractivity contribution in [1.29, 1.82) is 0 Å². The van der Waals surface area contributed by atoms with Gasteiger partial charge < -0.3 is 9.47 Å². The number of rotatable bonds is 3. The molecule has 0 spiro atoms. The van der Waals surface area contributed by atoms with Crippen LogP contribution >= 0.6 is 0 Å². The van der Waals surface area contributed by atoms with Gasteiger partial charge in [-0.25, -0.2) is 0 Å². The fourth-order valence-electron chi connectivity index (χ4n) is 2.32. The van der Waals surface area contributed by atoms with Crippen LogP contribution in [0.4, 0.5) is 0 Å². The predicted octanol–water partition coefficient (Wildman–Crippen LogP) is 3.45. The minimum Gasteiger partial charge on any atom is -0.497 e. The highest BCUT2D eigenvalue weighted by Gasteiger charge is 2.33. The third-order valence-corrected chi connectivity index (χ3v) is 3.34. The van der Waals surface area contributed by atoms with E-state index in [2.05, 4.69) is 0 Å². The summed E-state index contributed by atoms with van der Waals surface area (Å²) < 4.78 is 11.0. The number of methoxy groups -OCH3 is 1. The largest absolute Gasteiger partial charge is 0.497 e. The number of hydrogen-bond acceptors (Lipinski definition) is 4. The Kier molecular flexibility index (Phi) is 3.31. The van der Waals surface area contributed by atoms with Crippen molar-refractivity contribution < 1.29 is 14.4 Å². The zero-order chi connectivity index (χ0) is 14.8. The maximum atomic E-state index is 11.3. The quantitative estimate of drug-likeness (QED) is 0.639. The molecule has 1 aliphatic heterocycles. The van der Waals surface area contributed by atoms with Gasteiger partial charge in [0, 0.05) is 17.2 Å². The van der Waals surface area contributed by atoms with E-state index in [1.54, 1.807) is 49.6 Å². The van der Waals surface area contributed by atoms with Gasteiger partial charge in [-0.15, -0.1) is 0 Å². The van der Waals surface area contributed by atoms with E-state index < -0.39 is 11.0 Å². The second-order valence-electron chi connectivity index (χ2n) is 4.64. The predicted molar refractivity (Wildman–Crippen MR) is 77.8 cm³/mol. The molecule has 0 amide bonds. The average Bonchev–Trinajstić information content (AvgIpc) is 2.53. The molecule has 0 saturated carbocycles. The highest BCUT2D eigenvalue weighted by molar-refractivity contribution is 5.62. The monoisotopic (exact) mass is 283 g/mol. The maximum absolute atomic E-state index is 11.3. The van der Waals surface area contributed by atoms with Crippen molar-refractivity contribution in [3.63, 3.8) is 0 Å². The Balaban J connectivity index is 2.08. The highest BCUT2D eigenvalue weighted by Crippen LogP contribution is 2.38. The summed E-state index contributed by atoms with van der Waals surface area (Å²) in [6.45, 7) is 0. The summed E-state index contributed by atoms with van der Waals surface area (Å²) >= 11 is 0. The third-order valence-electron chi connectivity index (χ3n) is 3.34. The smallest absolute Gasteiger partial charge is 0.291 e. The zero-order valence-electron chi connectivity index (χ0n) is 11.4. The van der Waals surface area contributed by atoms with E-state index >= 15 is 0 Å². The minimum absolute atomic E-state index is 0.0157. The maximum Gasteiger partial charge on any atom is 0.291 e. The summed E-state index contributed by atoms with van der Waals surface area (Å²) in [5.74, 6) is 1.27. The SMILES string of the molecule is COc1cccc(C2Oc3ccccc3C=C2[N+](=O)[O-])c1. The van der Waals surface area contributed by atoms with E-state index in [0.29, 0.717) is 22.6 Å². The van der Waals surface area contributed by atoms with Crippen molar-refractivity contribution in [1.82, 2.24) is 0 Å². The summed E-state index contributed by atoms with van der Waals surface area (Å²) in [6, 6.07) is 14.4. The molecule has 106 valence electrons. The van der Waals surface area contributed by atoms with Crippen LogP contribution in [0, 0.1) is 10.1 Å². The standard InChI is InChI=1S/C16H13NO4/c1-20-13-7-4-6-12(9-13)16-14(17(18)19)10-11-5-2-3-8-15(11)21-16/h2-10,16H,1H3. The molecular weight excluding hydrogens is 270 g/mol. The van der Waals surface area contributed by atoms with Gasteiger partial charge in [-0.05, 0) is 18.2 Å². The number of para-hydroxylation sites is 1. The fourth-order valence-corrected chi connectivity index (χ4v) is 2.32. The molecule has 0 N–H and O–H groups in total. The van der Waals surface area contributed by atoms with Crippen molar-refractivity contribution in [3.05, 3.63) is 75.5 Å². The Morgan fingerprint density at radius 3 is 2.76 bits per heavy atom. The molecule has 2 aromatic carbocycles. The number of hydrogen-bond donors (Lipinski definition) is 0. The highest BCUT2D eigenvalue weighted by atomic mass is 16.6. The van der Waals surface area contributed by atoms with Gasteiger partial charge in [0.2, 0.25) is 6.10 Å². The number of nitrogens with zero attached hydrogens (tertiary/aromatic N) is 1. The van der Waals surface area contributed by atoms with E-state index in [1.165, 1.54) is 0 Å². The van der Waals surface area contributed by atoms with Gasteiger partial charge in [-0.2, -0.15) is 0 Å². The number of fused-ring (bicyclic) bond motifs is 1. The molecule has 1 unspecified atom stereocenters. The Morgan fingerprint density at radius 1 is 1.19 bits per heavy atom. The van der Waals surface area contributed by atoms with Gasteiger partial charge in [0.1, 0.15) is 11.5 Å². The van der Waals surface area contributed by atoms with Crippen LogP contribution in [0.5, 0.6) is 11.5 Å². The molecule has 0 radical (unpaired) electrons. The number of ether oxygens (including phenoxy) is 2. The molecule has 5 nitrogen and oxygen atoms in total. The number of benzene rings is 2. The molecule has 1 aliphatic rings. The topological polar surface area (TPSA) is 61.6 Å². The van der Waals surface area contributed by atoms with Gasteiger partial charge in [0.25, 0.3) is 5.70 Å². The lowest BCUT2D eigenvalue weighted by molar-refractivity contribution is -0.434. The van der Waals surface area contributed by atoms with Gasteiger partial charge in [-0.3, -0.25) is 10.1 Å². The lowest BCUT2D eigenvalue weighted by atomic mass is 10.0. The molecule has 1 atom stereocenters. The molecule has 2 aromatic rings. The first-order chi connectivity index (χ1) is 10.2. The first-order valence-corrected chi connectivity index (χ1v) is 6.44. The van der Waals surface area contributed by atoms with Crippen LogP contribution in [0.2, 0.25) is 0 Å². The molecule has 1 heterocycles. The summed E-state index contributed by atoms with van der Waals surface area (Å²) in [5, 5.41) is 11.3. The zero-order valence-corrected chi connectivity index (χ0v) is 11.4. The molecule has 5 heteroatoms. The summed E-state index contributed by atoms with van der Waals surface area (Å²) in [6.07, 6.45) is 0.813. The third kappa shape index (κ3) is 2.45. The van der Waals surface area contributed by atoms with Gasteiger partial charge in [0.15, 0.2) is 0 Å². The Hall–Kier alpha value is -2.82. The average molecular weight is 283 g/mol. The van der Waals surface area contributed by atoms with Crippen LogP contribution in [-0.2, 0) is 0 Å². The van der Waals surface area contributed by atoms with Gasteiger partial charge >= 0.3 is 0 Å². The van der Waals surface area contributed by atoms with Gasteiger partial charge in [-0.1, -0.05) is 30.3 Å². The molecule has 0 saturated heterocycles. The Bertz CT molecular complexity index is 724. The van der Waals surface area contributed by atoms with E-state index in [-0.39, 0.29) is 5.70 Å². The van der Waals surface area contributed by atoms with Crippen LogP contribution in [0.1, 0.15) is 17.2 Å². The van der Waals surface area contributed by atoms with Crippen molar-refractivity contribution >= 4 is 6.08 Å². The normalized spacial score (nSPS) is 16.4. The minimum atomic E-state index is -0.745. The second kappa shape index (κ2) is 5.28. The second-order valence-corrected chi connectivity index (χ2v) is 4.64. The molecule has 21 heavy (non-hydrogen) atoms. The first kappa shape index (κ1) is 13.2. The lowest BCUT2D eigenvalue weighted by Gasteiger charge is -2.22. The van der Waals surface area contributed by atoms with Crippen LogP contribution in [0.3, 0.4) is 0 Å². The van der Waals surface area contributed by atoms with E-state index in [0.717, 1.165) is 0 Å².